The van der Waals surface area contributed by atoms with Crippen LogP contribution in [0.1, 0.15) is 20.8 Å². The number of ether oxygens (including phenoxy) is 1. The zero-order chi connectivity index (χ0) is 12.6. The number of piperidine rings is 2. The minimum atomic E-state index is -0.458. The van der Waals surface area contributed by atoms with Crippen molar-refractivity contribution in [3.8, 4) is 0 Å². The second-order valence-electron chi connectivity index (χ2n) is 6.05. The van der Waals surface area contributed by atoms with E-state index in [1.807, 2.05) is 20.8 Å². The first kappa shape index (κ1) is 12.6. The van der Waals surface area contributed by atoms with Crippen molar-refractivity contribution in [3.05, 3.63) is 0 Å². The maximum Gasteiger partial charge on any atom is 0.410 e. The fourth-order valence-electron chi connectivity index (χ4n) is 2.54. The molecule has 0 aliphatic carbocycles. The third-order valence-corrected chi connectivity index (χ3v) is 3.34. The second kappa shape index (κ2) is 4.46. The summed E-state index contributed by atoms with van der Waals surface area (Å²) in [5.41, 5.74) is -0.458. The highest BCUT2D eigenvalue weighted by Gasteiger charge is 2.40. The number of nitrogens with zero attached hydrogens (tertiary/aromatic N) is 1. The molecule has 1 amide bonds. The number of fused-ring (bicyclic) bond motifs is 2. The van der Waals surface area contributed by atoms with Crippen molar-refractivity contribution >= 4 is 6.09 Å². The molecule has 2 N–H and O–H groups in total. The molecule has 0 aromatic heterocycles. The van der Waals surface area contributed by atoms with E-state index in [1.54, 1.807) is 4.90 Å². The standard InChI is InChI=1S/C12H22N2O3/c1-12(2,3)17-11(16)14-6-8-4-13-5-9(7-14)10(8)15/h8-10,13,15H,4-7H2,1-3H3. The molecule has 17 heavy (non-hydrogen) atoms. The minimum Gasteiger partial charge on any atom is -0.444 e. The van der Waals surface area contributed by atoms with Gasteiger partial charge in [0.1, 0.15) is 5.60 Å². The lowest BCUT2D eigenvalue weighted by Gasteiger charge is -2.45. The third kappa shape index (κ3) is 2.90. The van der Waals surface area contributed by atoms with Gasteiger partial charge in [-0.1, -0.05) is 0 Å². The maximum atomic E-state index is 12.0. The van der Waals surface area contributed by atoms with Gasteiger partial charge in [0.15, 0.2) is 0 Å². The van der Waals surface area contributed by atoms with Crippen LogP contribution in [0.15, 0.2) is 0 Å². The molecule has 2 heterocycles. The van der Waals surface area contributed by atoms with Crippen molar-refractivity contribution in [2.45, 2.75) is 32.5 Å². The lowest BCUT2D eigenvalue weighted by Crippen LogP contribution is -2.60. The summed E-state index contributed by atoms with van der Waals surface area (Å²) < 4.78 is 5.36. The molecule has 2 rings (SSSR count). The average Bonchev–Trinajstić information content (AvgIpc) is 2.13. The Morgan fingerprint density at radius 2 is 1.82 bits per heavy atom. The fourth-order valence-corrected chi connectivity index (χ4v) is 2.54. The summed E-state index contributed by atoms with van der Waals surface area (Å²) in [7, 11) is 0. The molecule has 0 aromatic carbocycles. The molecule has 2 aliphatic rings. The van der Waals surface area contributed by atoms with Crippen LogP contribution in [0.5, 0.6) is 0 Å². The quantitative estimate of drug-likeness (QED) is 0.647. The summed E-state index contributed by atoms with van der Waals surface area (Å²) in [4.78, 5) is 13.7. The number of amides is 1. The summed E-state index contributed by atoms with van der Waals surface area (Å²) in [6.45, 7) is 8.32. The predicted molar refractivity (Wildman–Crippen MR) is 63.7 cm³/mol. The van der Waals surface area contributed by atoms with Crippen molar-refractivity contribution in [2.75, 3.05) is 26.2 Å². The Balaban J connectivity index is 1.97. The van der Waals surface area contributed by atoms with E-state index in [4.69, 9.17) is 4.74 Å². The Morgan fingerprint density at radius 3 is 2.29 bits per heavy atom. The highest BCUT2D eigenvalue weighted by atomic mass is 16.6. The van der Waals surface area contributed by atoms with Gasteiger partial charge in [-0.05, 0) is 20.8 Å². The monoisotopic (exact) mass is 242 g/mol. The Kier molecular flexibility index (Phi) is 3.32. The molecule has 2 saturated heterocycles. The first-order chi connectivity index (χ1) is 7.87. The first-order valence-electron chi connectivity index (χ1n) is 6.23. The van der Waals surface area contributed by atoms with Gasteiger partial charge in [0.25, 0.3) is 0 Å². The van der Waals surface area contributed by atoms with Gasteiger partial charge in [-0.3, -0.25) is 0 Å². The molecule has 0 radical (unpaired) electrons. The maximum absolute atomic E-state index is 12.0. The van der Waals surface area contributed by atoms with Gasteiger partial charge >= 0.3 is 6.09 Å². The van der Waals surface area contributed by atoms with Crippen LogP contribution in [-0.4, -0.2) is 54.0 Å². The number of rotatable bonds is 0. The number of aliphatic hydroxyl groups is 1. The molecule has 2 aliphatic heterocycles. The molecule has 2 atom stereocenters. The van der Waals surface area contributed by atoms with E-state index in [-0.39, 0.29) is 24.0 Å². The van der Waals surface area contributed by atoms with E-state index in [2.05, 4.69) is 5.32 Å². The van der Waals surface area contributed by atoms with Crippen molar-refractivity contribution in [3.63, 3.8) is 0 Å². The summed E-state index contributed by atoms with van der Waals surface area (Å²) >= 11 is 0. The van der Waals surface area contributed by atoms with Gasteiger partial charge in [0.2, 0.25) is 0 Å². The third-order valence-electron chi connectivity index (χ3n) is 3.34. The molecule has 2 bridgehead atoms. The minimum absolute atomic E-state index is 0.134. The van der Waals surface area contributed by atoms with Gasteiger partial charge in [0.05, 0.1) is 6.10 Å². The van der Waals surface area contributed by atoms with E-state index >= 15 is 0 Å². The van der Waals surface area contributed by atoms with E-state index in [0.29, 0.717) is 13.1 Å². The molecule has 2 fully saturated rings. The van der Waals surface area contributed by atoms with Gasteiger partial charge < -0.3 is 20.1 Å². The molecule has 98 valence electrons. The number of hydrogen-bond acceptors (Lipinski definition) is 4. The van der Waals surface area contributed by atoms with Crippen molar-refractivity contribution < 1.29 is 14.6 Å². The van der Waals surface area contributed by atoms with Crippen molar-refractivity contribution in [1.82, 2.24) is 10.2 Å². The largest absolute Gasteiger partial charge is 0.444 e. The molecule has 0 aromatic rings. The van der Waals surface area contributed by atoms with Crippen LogP contribution in [0, 0.1) is 11.8 Å². The van der Waals surface area contributed by atoms with Crippen molar-refractivity contribution in [1.29, 1.82) is 0 Å². The summed E-state index contributed by atoms with van der Waals surface area (Å²) in [6.07, 6.45) is -0.545. The first-order valence-corrected chi connectivity index (χ1v) is 6.23. The predicted octanol–water partition coefficient (Wildman–Crippen LogP) is 0.434. The smallest absolute Gasteiger partial charge is 0.410 e. The van der Waals surface area contributed by atoms with Gasteiger partial charge in [-0.15, -0.1) is 0 Å². The average molecular weight is 242 g/mol. The molecular weight excluding hydrogens is 220 g/mol. The zero-order valence-electron chi connectivity index (χ0n) is 10.8. The summed E-state index contributed by atoms with van der Waals surface area (Å²) in [5.74, 6) is 0.269. The van der Waals surface area contributed by atoms with E-state index in [0.717, 1.165) is 13.1 Å². The number of nitrogens with one attached hydrogen (secondary N) is 1. The number of hydrogen-bond donors (Lipinski definition) is 2. The van der Waals surface area contributed by atoms with E-state index in [9.17, 15) is 9.90 Å². The van der Waals surface area contributed by atoms with Crippen LogP contribution < -0.4 is 5.32 Å². The van der Waals surface area contributed by atoms with E-state index in [1.165, 1.54) is 0 Å². The summed E-state index contributed by atoms with van der Waals surface area (Å²) in [5, 5.41) is 13.3. The van der Waals surface area contributed by atoms with Crippen molar-refractivity contribution in [2.24, 2.45) is 11.8 Å². The molecule has 0 saturated carbocycles. The molecular formula is C12H22N2O3. The van der Waals surface area contributed by atoms with Gasteiger partial charge in [0, 0.05) is 38.0 Å². The van der Waals surface area contributed by atoms with Crippen LogP contribution in [0.2, 0.25) is 0 Å². The van der Waals surface area contributed by atoms with Gasteiger partial charge in [-0.25, -0.2) is 4.79 Å². The SMILES string of the molecule is CC(C)(C)OC(=O)N1CC2CNCC(C1)C2O. The van der Waals surface area contributed by atoms with Gasteiger partial charge in [-0.2, -0.15) is 0 Å². The van der Waals surface area contributed by atoms with Crippen LogP contribution in [0.25, 0.3) is 0 Å². The van der Waals surface area contributed by atoms with Crippen LogP contribution in [0.4, 0.5) is 4.79 Å². The van der Waals surface area contributed by atoms with E-state index < -0.39 is 5.60 Å². The topological polar surface area (TPSA) is 61.8 Å². The van der Waals surface area contributed by atoms with Crippen LogP contribution in [0.3, 0.4) is 0 Å². The Bertz CT molecular complexity index is 287. The Hall–Kier alpha value is -0.810. The van der Waals surface area contributed by atoms with Crippen LogP contribution in [-0.2, 0) is 4.74 Å². The lowest BCUT2D eigenvalue weighted by molar-refractivity contribution is -0.0488. The lowest BCUT2D eigenvalue weighted by atomic mass is 9.83. The Labute approximate surface area is 102 Å². The zero-order valence-corrected chi connectivity index (χ0v) is 10.8. The molecule has 5 nitrogen and oxygen atoms in total. The normalized spacial score (nSPS) is 33.4. The number of carbonyl (C=O) groups is 1. The number of likely N-dealkylation sites (tertiary alicyclic amines) is 1. The Morgan fingerprint density at radius 1 is 1.29 bits per heavy atom. The number of aliphatic hydroxyl groups excluding tert-OH is 1. The summed E-state index contributed by atoms with van der Waals surface area (Å²) in [6, 6.07) is 0. The second-order valence-corrected chi connectivity index (χ2v) is 6.05. The highest BCUT2D eigenvalue weighted by molar-refractivity contribution is 5.68. The molecule has 5 heteroatoms. The fraction of sp³-hybridized carbons (Fsp3) is 0.917. The molecule has 2 unspecified atom stereocenters. The van der Waals surface area contributed by atoms with Crippen LogP contribution >= 0.6 is 0 Å². The number of carbonyl (C=O) groups excluding carboxylic acids is 1. The molecule has 0 spiro atoms. The highest BCUT2D eigenvalue weighted by Crippen LogP contribution is 2.26.